The Bertz CT molecular complexity index is 1290. The van der Waals surface area contributed by atoms with E-state index in [9.17, 15) is 29.0 Å². The molecule has 5 rings (SSSR count). The molecule has 2 aliphatic carbocycles. The smallest absolute Gasteiger partial charge is 0.247 e. The van der Waals surface area contributed by atoms with Crippen LogP contribution in [0.15, 0.2) is 48.0 Å². The van der Waals surface area contributed by atoms with Gasteiger partial charge in [0.15, 0.2) is 11.5 Å². The van der Waals surface area contributed by atoms with E-state index in [2.05, 4.69) is 5.32 Å². The number of amides is 2. The van der Waals surface area contributed by atoms with E-state index >= 15 is 0 Å². The van der Waals surface area contributed by atoms with Crippen LogP contribution in [-0.4, -0.2) is 71.7 Å². The molecular formula is C28H29FN2O7. The van der Waals surface area contributed by atoms with Crippen molar-refractivity contribution in [2.75, 3.05) is 20.3 Å². The molecule has 0 saturated heterocycles. The fraction of sp³-hybridized carbons (Fsp3) is 0.393. The number of nitrogens with one attached hydrogen (secondary N) is 1. The second-order valence-corrected chi connectivity index (χ2v) is 9.73. The number of aliphatic hydroxyl groups excluding tert-OH is 2. The first-order chi connectivity index (χ1) is 18.4. The Balaban J connectivity index is 1.60. The molecule has 1 saturated carbocycles. The summed E-state index contributed by atoms with van der Waals surface area (Å²) in [6.07, 6.45) is 1.31. The quantitative estimate of drug-likeness (QED) is 0.427. The van der Waals surface area contributed by atoms with Crippen LogP contribution in [0.5, 0.6) is 11.5 Å². The van der Waals surface area contributed by atoms with Gasteiger partial charge in [-0.15, -0.1) is 0 Å². The van der Waals surface area contributed by atoms with Crippen LogP contribution in [0.2, 0.25) is 0 Å². The van der Waals surface area contributed by atoms with Gasteiger partial charge in [-0.25, -0.2) is 4.39 Å². The van der Waals surface area contributed by atoms with Crippen molar-refractivity contribution in [2.24, 2.45) is 5.92 Å². The first kappa shape index (κ1) is 25.9. The van der Waals surface area contributed by atoms with Crippen LogP contribution < -0.4 is 14.8 Å². The lowest BCUT2D eigenvalue weighted by atomic mass is 9.77. The van der Waals surface area contributed by atoms with E-state index in [-0.39, 0.29) is 48.4 Å². The molecule has 4 atom stereocenters. The Hall–Kier alpha value is -3.76. The van der Waals surface area contributed by atoms with Gasteiger partial charge in [-0.05, 0) is 37.1 Å². The van der Waals surface area contributed by atoms with Crippen molar-refractivity contribution in [3.05, 3.63) is 70.6 Å². The predicted molar refractivity (Wildman–Crippen MR) is 133 cm³/mol. The van der Waals surface area contributed by atoms with E-state index in [4.69, 9.17) is 9.47 Å². The van der Waals surface area contributed by atoms with Gasteiger partial charge in [0.1, 0.15) is 24.3 Å². The number of aliphatic hydroxyl groups is 2. The van der Waals surface area contributed by atoms with Crippen LogP contribution in [0, 0.1) is 11.7 Å². The number of methoxy groups -OCH3 is 1. The highest BCUT2D eigenvalue weighted by Gasteiger charge is 2.52. The van der Waals surface area contributed by atoms with Crippen molar-refractivity contribution < 1.29 is 38.5 Å². The van der Waals surface area contributed by atoms with Crippen LogP contribution in [0.25, 0.3) is 0 Å². The minimum Gasteiger partial charge on any atom is -0.493 e. The normalized spacial score (nSPS) is 23.4. The number of hydrogen-bond acceptors (Lipinski definition) is 7. The van der Waals surface area contributed by atoms with Crippen molar-refractivity contribution in [1.29, 1.82) is 0 Å². The first-order valence-corrected chi connectivity index (χ1v) is 12.5. The zero-order valence-electron chi connectivity index (χ0n) is 20.8. The van der Waals surface area contributed by atoms with E-state index in [1.807, 2.05) is 0 Å². The third kappa shape index (κ3) is 4.65. The monoisotopic (exact) mass is 524 g/mol. The summed E-state index contributed by atoms with van der Waals surface area (Å²) >= 11 is 0. The topological polar surface area (TPSA) is 125 Å². The summed E-state index contributed by atoms with van der Waals surface area (Å²) in [6.45, 7) is -0.393. The van der Waals surface area contributed by atoms with Gasteiger partial charge < -0.3 is 29.9 Å². The zero-order valence-corrected chi connectivity index (χ0v) is 20.8. The number of aldehydes is 1. The fourth-order valence-electron chi connectivity index (χ4n) is 5.26. The molecule has 0 unspecified atom stereocenters. The molecule has 0 spiro atoms. The lowest BCUT2D eigenvalue weighted by Gasteiger charge is -2.41. The molecular weight excluding hydrogens is 495 g/mol. The maximum Gasteiger partial charge on any atom is 0.247 e. The maximum absolute atomic E-state index is 14.6. The highest BCUT2D eigenvalue weighted by molar-refractivity contribution is 5.96. The van der Waals surface area contributed by atoms with Gasteiger partial charge in [0, 0.05) is 41.3 Å². The molecule has 1 aliphatic heterocycles. The largest absolute Gasteiger partial charge is 0.493 e. The summed E-state index contributed by atoms with van der Waals surface area (Å²) in [5, 5.41) is 23.5. The fourth-order valence-corrected chi connectivity index (χ4v) is 5.26. The minimum atomic E-state index is -1.28. The number of hydrogen-bond donors (Lipinski definition) is 3. The Kier molecular flexibility index (Phi) is 7.18. The predicted octanol–water partition coefficient (Wildman–Crippen LogP) is 1.71. The number of nitrogens with zero attached hydrogens (tertiary/aromatic N) is 1. The molecule has 1 heterocycles. The van der Waals surface area contributed by atoms with E-state index in [1.54, 1.807) is 24.3 Å². The number of fused-ring (bicyclic) bond motifs is 3. The molecule has 10 heteroatoms. The van der Waals surface area contributed by atoms with Gasteiger partial charge >= 0.3 is 0 Å². The van der Waals surface area contributed by atoms with E-state index in [0.29, 0.717) is 36.0 Å². The van der Waals surface area contributed by atoms with Crippen LogP contribution in [0.4, 0.5) is 4.39 Å². The molecule has 2 amide bonds. The molecule has 9 nitrogen and oxygen atoms in total. The van der Waals surface area contributed by atoms with E-state index < -0.39 is 35.9 Å². The molecule has 1 fully saturated rings. The summed E-state index contributed by atoms with van der Waals surface area (Å²) in [4.78, 5) is 39.8. The summed E-state index contributed by atoms with van der Waals surface area (Å²) < 4.78 is 26.2. The first-order valence-electron chi connectivity index (χ1n) is 12.5. The van der Waals surface area contributed by atoms with Crippen molar-refractivity contribution in [3.8, 4) is 11.5 Å². The van der Waals surface area contributed by atoms with Crippen LogP contribution in [-0.2, 0) is 16.1 Å². The standard InChI is InChI=1S/C28H29FN2O7/c1-37-22-11-15(14-33)10-18-23-19(27(35)30-8-9-32)12-21(24(34)26(23)38-25(18)22)31(28(36)16-6-7-16)13-17-4-2-3-5-20(17)29/h2-5,10-12,14,16,21,23-24,26,32,34H,6-9,13H2,1H3,(H,30,35)/t21-,23+,24+,26+/m1/s1. The third-order valence-electron chi connectivity index (χ3n) is 7.28. The van der Waals surface area contributed by atoms with Crippen molar-refractivity contribution >= 4 is 18.1 Å². The molecule has 0 bridgehead atoms. The molecule has 3 N–H and O–H groups in total. The van der Waals surface area contributed by atoms with Gasteiger partial charge in [-0.3, -0.25) is 14.4 Å². The molecule has 3 aliphatic rings. The molecule has 38 heavy (non-hydrogen) atoms. The number of rotatable bonds is 9. The van der Waals surface area contributed by atoms with Crippen LogP contribution in [0.3, 0.4) is 0 Å². The van der Waals surface area contributed by atoms with Crippen molar-refractivity contribution in [2.45, 2.75) is 43.6 Å². The Morgan fingerprint density at radius 1 is 1.26 bits per heavy atom. The maximum atomic E-state index is 14.6. The second kappa shape index (κ2) is 10.5. The average Bonchev–Trinajstić information content (AvgIpc) is 3.71. The summed E-state index contributed by atoms with van der Waals surface area (Å²) in [7, 11) is 1.42. The number of benzene rings is 2. The molecule has 0 radical (unpaired) electrons. The number of ether oxygens (including phenoxy) is 2. The number of halogens is 1. The number of carbonyl (C=O) groups excluding carboxylic acids is 3. The van der Waals surface area contributed by atoms with Gasteiger partial charge in [0.25, 0.3) is 0 Å². The minimum absolute atomic E-state index is 0.00780. The van der Waals surface area contributed by atoms with Gasteiger partial charge in [-0.2, -0.15) is 0 Å². The lowest BCUT2D eigenvalue weighted by molar-refractivity contribution is -0.139. The van der Waals surface area contributed by atoms with Gasteiger partial charge in [0.2, 0.25) is 11.8 Å². The molecule has 200 valence electrons. The molecule has 2 aromatic rings. The lowest BCUT2D eigenvalue weighted by Crippen LogP contribution is -2.55. The van der Waals surface area contributed by atoms with Crippen LogP contribution >= 0.6 is 0 Å². The summed E-state index contributed by atoms with van der Waals surface area (Å²) in [5.41, 5.74) is 1.29. The highest BCUT2D eigenvalue weighted by Crippen LogP contribution is 2.51. The Morgan fingerprint density at radius 3 is 2.68 bits per heavy atom. The van der Waals surface area contributed by atoms with Gasteiger partial charge in [-0.1, -0.05) is 18.2 Å². The SMILES string of the molecule is COc1cc(C=O)cc2c1O[C@@H]1[C@@H](O)[C@H](N(Cc3ccccc3F)C(=O)C3CC3)C=C(C(=O)NCCO)[C@H]21. The Labute approximate surface area is 218 Å². The second-order valence-electron chi connectivity index (χ2n) is 9.73. The van der Waals surface area contributed by atoms with Crippen molar-refractivity contribution in [3.63, 3.8) is 0 Å². The van der Waals surface area contributed by atoms with E-state index in [1.165, 1.54) is 30.2 Å². The third-order valence-corrected chi connectivity index (χ3v) is 7.28. The summed E-state index contributed by atoms with van der Waals surface area (Å²) in [5.74, 6) is -1.66. The van der Waals surface area contributed by atoms with Crippen LogP contribution in [0.1, 0.15) is 40.2 Å². The molecule has 2 aromatic carbocycles. The van der Waals surface area contributed by atoms with Gasteiger partial charge in [0.05, 0.1) is 25.7 Å². The van der Waals surface area contributed by atoms with Crippen molar-refractivity contribution in [1.82, 2.24) is 10.2 Å². The Morgan fingerprint density at radius 2 is 2.03 bits per heavy atom. The summed E-state index contributed by atoms with van der Waals surface area (Å²) in [6, 6.07) is 8.20. The number of carbonyl (C=O) groups is 3. The highest BCUT2D eigenvalue weighted by atomic mass is 19.1. The zero-order chi connectivity index (χ0) is 27.0. The van der Waals surface area contributed by atoms with E-state index in [0.717, 1.165) is 0 Å². The molecule has 0 aromatic heterocycles. The average molecular weight is 525 g/mol.